The van der Waals surface area contributed by atoms with Crippen molar-refractivity contribution >= 4 is 17.1 Å². The average Bonchev–Trinajstić information content (AvgIpc) is 2.67. The molecule has 1 heterocycles. The highest BCUT2D eigenvalue weighted by molar-refractivity contribution is 5.87. The lowest BCUT2D eigenvalue weighted by atomic mass is 9.81. The van der Waals surface area contributed by atoms with E-state index in [0.717, 1.165) is 0 Å². The SMILES string of the molecule is CC(C)c1cc(-c2ccccc2)cc2c1Nc1c(cccc1N(C)C)C2C. The molecule has 0 aliphatic carbocycles. The van der Waals surface area contributed by atoms with Gasteiger partial charge in [-0.1, -0.05) is 63.2 Å². The largest absolute Gasteiger partial charge is 0.376 e. The predicted molar refractivity (Wildman–Crippen MR) is 118 cm³/mol. The van der Waals surface area contributed by atoms with Crippen molar-refractivity contribution in [2.24, 2.45) is 0 Å². The van der Waals surface area contributed by atoms with Crippen molar-refractivity contribution in [1.29, 1.82) is 0 Å². The van der Waals surface area contributed by atoms with Gasteiger partial charge in [0.2, 0.25) is 0 Å². The van der Waals surface area contributed by atoms with Crippen LogP contribution in [0.2, 0.25) is 0 Å². The van der Waals surface area contributed by atoms with Gasteiger partial charge in [-0.05, 0) is 51.9 Å². The highest BCUT2D eigenvalue weighted by Crippen LogP contribution is 2.48. The average molecular weight is 357 g/mol. The quantitative estimate of drug-likeness (QED) is 0.558. The fourth-order valence-corrected chi connectivity index (χ4v) is 4.15. The summed E-state index contributed by atoms with van der Waals surface area (Å²) in [5.74, 6) is 0.812. The van der Waals surface area contributed by atoms with E-state index in [4.69, 9.17) is 0 Å². The number of nitrogens with zero attached hydrogens (tertiary/aromatic N) is 1. The Kier molecular flexibility index (Phi) is 4.43. The smallest absolute Gasteiger partial charge is 0.0660 e. The van der Waals surface area contributed by atoms with E-state index in [1.807, 2.05) is 0 Å². The molecular formula is C25H28N2. The summed E-state index contributed by atoms with van der Waals surface area (Å²) in [5.41, 5.74) is 10.5. The van der Waals surface area contributed by atoms with E-state index in [2.05, 4.69) is 106 Å². The van der Waals surface area contributed by atoms with Gasteiger partial charge >= 0.3 is 0 Å². The van der Waals surface area contributed by atoms with Gasteiger partial charge in [0.05, 0.1) is 11.4 Å². The van der Waals surface area contributed by atoms with E-state index in [1.165, 1.54) is 44.9 Å². The molecule has 1 aliphatic heterocycles. The van der Waals surface area contributed by atoms with Gasteiger partial charge in [-0.15, -0.1) is 0 Å². The van der Waals surface area contributed by atoms with Gasteiger partial charge in [-0.3, -0.25) is 0 Å². The molecule has 0 amide bonds. The van der Waals surface area contributed by atoms with Gasteiger partial charge in [0.25, 0.3) is 0 Å². The van der Waals surface area contributed by atoms with Gasteiger partial charge in [0, 0.05) is 25.7 Å². The fourth-order valence-electron chi connectivity index (χ4n) is 4.15. The topological polar surface area (TPSA) is 15.3 Å². The second kappa shape index (κ2) is 6.77. The molecule has 0 saturated carbocycles. The Labute approximate surface area is 162 Å². The van der Waals surface area contributed by atoms with Crippen LogP contribution in [0.3, 0.4) is 0 Å². The number of hydrogen-bond acceptors (Lipinski definition) is 2. The second-order valence-corrected chi connectivity index (χ2v) is 8.03. The molecule has 0 aromatic heterocycles. The van der Waals surface area contributed by atoms with Crippen LogP contribution in [0.5, 0.6) is 0 Å². The third-order valence-corrected chi connectivity index (χ3v) is 5.67. The molecule has 2 heteroatoms. The Morgan fingerprint density at radius 2 is 1.56 bits per heavy atom. The number of anilines is 3. The lowest BCUT2D eigenvalue weighted by Gasteiger charge is -2.33. The monoisotopic (exact) mass is 356 g/mol. The number of fused-ring (bicyclic) bond motifs is 2. The summed E-state index contributed by atoms with van der Waals surface area (Å²) in [6, 6.07) is 22.1. The summed E-state index contributed by atoms with van der Waals surface area (Å²) in [6.07, 6.45) is 0. The summed E-state index contributed by atoms with van der Waals surface area (Å²) in [5, 5.41) is 3.81. The standard InChI is InChI=1S/C25H28N2/c1-16(2)21-14-19(18-10-7-6-8-11-18)15-22-17(3)20-12-9-13-23(27(4)5)25(20)26-24(21)22/h6-17,26H,1-5H3. The van der Waals surface area contributed by atoms with E-state index in [0.29, 0.717) is 11.8 Å². The number of nitrogens with one attached hydrogen (secondary N) is 1. The normalized spacial score (nSPS) is 15.1. The zero-order valence-electron chi connectivity index (χ0n) is 16.9. The van der Waals surface area contributed by atoms with Gasteiger partial charge in [-0.2, -0.15) is 0 Å². The Bertz CT molecular complexity index is 971. The van der Waals surface area contributed by atoms with E-state index in [-0.39, 0.29) is 0 Å². The van der Waals surface area contributed by atoms with Gasteiger partial charge in [0.15, 0.2) is 0 Å². The van der Waals surface area contributed by atoms with Crippen LogP contribution < -0.4 is 10.2 Å². The van der Waals surface area contributed by atoms with Crippen LogP contribution in [0.25, 0.3) is 11.1 Å². The van der Waals surface area contributed by atoms with Crippen LogP contribution in [0.15, 0.2) is 60.7 Å². The molecule has 0 radical (unpaired) electrons. The summed E-state index contributed by atoms with van der Waals surface area (Å²) < 4.78 is 0. The number of hydrogen-bond donors (Lipinski definition) is 1. The van der Waals surface area contributed by atoms with Crippen LogP contribution in [0.4, 0.5) is 17.1 Å². The van der Waals surface area contributed by atoms with Crippen molar-refractivity contribution in [3.8, 4) is 11.1 Å². The molecule has 1 N–H and O–H groups in total. The third kappa shape index (κ3) is 2.99. The van der Waals surface area contributed by atoms with Crippen LogP contribution in [-0.4, -0.2) is 14.1 Å². The Morgan fingerprint density at radius 3 is 2.22 bits per heavy atom. The van der Waals surface area contributed by atoms with Crippen molar-refractivity contribution in [3.05, 3.63) is 77.4 Å². The lowest BCUT2D eigenvalue weighted by molar-refractivity contribution is 0.848. The van der Waals surface area contributed by atoms with Crippen molar-refractivity contribution in [2.45, 2.75) is 32.6 Å². The van der Waals surface area contributed by atoms with Crippen molar-refractivity contribution < 1.29 is 0 Å². The van der Waals surface area contributed by atoms with Crippen LogP contribution in [-0.2, 0) is 0 Å². The minimum absolute atomic E-state index is 0.359. The number of para-hydroxylation sites is 1. The minimum Gasteiger partial charge on any atom is -0.376 e. The molecule has 3 aromatic carbocycles. The van der Waals surface area contributed by atoms with Crippen molar-refractivity contribution in [2.75, 3.05) is 24.3 Å². The highest BCUT2D eigenvalue weighted by Gasteiger charge is 2.27. The molecule has 0 saturated heterocycles. The molecule has 138 valence electrons. The van der Waals surface area contributed by atoms with E-state index < -0.39 is 0 Å². The first-order valence-corrected chi connectivity index (χ1v) is 9.78. The van der Waals surface area contributed by atoms with Crippen LogP contribution in [0, 0.1) is 0 Å². The third-order valence-electron chi connectivity index (χ3n) is 5.67. The van der Waals surface area contributed by atoms with Gasteiger partial charge in [-0.25, -0.2) is 0 Å². The molecule has 1 aliphatic rings. The van der Waals surface area contributed by atoms with Gasteiger partial charge < -0.3 is 10.2 Å². The van der Waals surface area contributed by atoms with E-state index in [1.54, 1.807) is 0 Å². The molecule has 4 rings (SSSR count). The molecule has 0 bridgehead atoms. The molecule has 0 fully saturated rings. The first-order valence-electron chi connectivity index (χ1n) is 9.78. The fraction of sp³-hybridized carbons (Fsp3) is 0.280. The molecular weight excluding hydrogens is 328 g/mol. The summed E-state index contributed by atoms with van der Waals surface area (Å²) in [7, 11) is 4.22. The first-order chi connectivity index (χ1) is 13.0. The molecule has 0 spiro atoms. The summed E-state index contributed by atoms with van der Waals surface area (Å²) in [4.78, 5) is 2.19. The minimum atomic E-state index is 0.359. The van der Waals surface area contributed by atoms with E-state index >= 15 is 0 Å². The first kappa shape index (κ1) is 17.7. The van der Waals surface area contributed by atoms with Crippen molar-refractivity contribution in [1.82, 2.24) is 0 Å². The Hall–Kier alpha value is -2.74. The highest BCUT2D eigenvalue weighted by atomic mass is 15.1. The van der Waals surface area contributed by atoms with Crippen molar-refractivity contribution in [3.63, 3.8) is 0 Å². The van der Waals surface area contributed by atoms with Crippen LogP contribution >= 0.6 is 0 Å². The Morgan fingerprint density at radius 1 is 0.815 bits per heavy atom. The van der Waals surface area contributed by atoms with Crippen LogP contribution in [0.1, 0.15) is 49.3 Å². The molecule has 2 nitrogen and oxygen atoms in total. The summed E-state index contributed by atoms with van der Waals surface area (Å²) in [6.45, 7) is 6.89. The Balaban J connectivity index is 1.93. The maximum absolute atomic E-state index is 3.81. The molecule has 1 unspecified atom stereocenters. The maximum atomic E-state index is 3.81. The van der Waals surface area contributed by atoms with E-state index in [9.17, 15) is 0 Å². The second-order valence-electron chi connectivity index (χ2n) is 8.03. The summed E-state index contributed by atoms with van der Waals surface area (Å²) >= 11 is 0. The van der Waals surface area contributed by atoms with Gasteiger partial charge in [0.1, 0.15) is 0 Å². The molecule has 3 aromatic rings. The zero-order chi connectivity index (χ0) is 19.1. The number of rotatable bonds is 3. The molecule has 1 atom stereocenters. The maximum Gasteiger partial charge on any atom is 0.0660 e. The molecule has 27 heavy (non-hydrogen) atoms. The zero-order valence-corrected chi connectivity index (χ0v) is 16.9. The number of benzene rings is 3. The lowest BCUT2D eigenvalue weighted by Crippen LogP contribution is -2.18. The predicted octanol–water partition coefficient (Wildman–Crippen LogP) is 6.75.